The molecule has 1 saturated carbocycles. The van der Waals surface area contributed by atoms with Crippen LogP contribution in [0.2, 0.25) is 0 Å². The van der Waals surface area contributed by atoms with Crippen molar-refractivity contribution in [3.8, 4) is 0 Å². The molecule has 3 rings (SSSR count). The average Bonchev–Trinajstić information content (AvgIpc) is 2.91. The summed E-state index contributed by atoms with van der Waals surface area (Å²) in [7, 11) is 0. The number of nitrogens with zero attached hydrogens (tertiary/aromatic N) is 2. The number of aromatic nitrogens is 2. The molecule has 0 spiro atoms. The van der Waals surface area contributed by atoms with Gasteiger partial charge < -0.3 is 9.88 Å². The molecule has 1 aromatic heterocycles. The summed E-state index contributed by atoms with van der Waals surface area (Å²) < 4.78 is 16.8. The van der Waals surface area contributed by atoms with E-state index >= 15 is 0 Å². The molecule has 0 amide bonds. The molecule has 0 saturated heterocycles. The topological polar surface area (TPSA) is 29.9 Å². The second-order valence-corrected chi connectivity index (χ2v) is 6.11. The first-order valence-corrected chi connectivity index (χ1v) is 7.78. The van der Waals surface area contributed by atoms with Crippen LogP contribution in [0.25, 0.3) is 0 Å². The third-order valence-electron chi connectivity index (χ3n) is 3.81. The van der Waals surface area contributed by atoms with E-state index in [2.05, 4.69) is 30.8 Å². The van der Waals surface area contributed by atoms with Crippen LogP contribution >= 0.6 is 15.9 Å². The first-order chi connectivity index (χ1) is 9.74. The Hall–Kier alpha value is -1.36. The molecule has 0 radical (unpaired) electrons. The van der Waals surface area contributed by atoms with Crippen LogP contribution in [-0.2, 0) is 0 Å². The number of imidazole rings is 1. The van der Waals surface area contributed by atoms with Gasteiger partial charge in [-0.25, -0.2) is 9.37 Å². The monoisotopic (exact) mass is 337 g/mol. The maximum absolute atomic E-state index is 13.9. The molecule has 106 valence electrons. The highest BCUT2D eigenvalue weighted by Gasteiger charge is 2.18. The molecule has 1 heterocycles. The third kappa shape index (κ3) is 2.87. The molecule has 1 aliphatic carbocycles. The molecule has 0 atom stereocenters. The van der Waals surface area contributed by atoms with Crippen molar-refractivity contribution in [2.75, 3.05) is 5.32 Å². The Labute approximate surface area is 126 Å². The normalized spacial score (nSPS) is 16.3. The predicted octanol–water partition coefficient (Wildman–Crippen LogP) is 5.03. The van der Waals surface area contributed by atoms with E-state index in [1.165, 1.54) is 38.2 Å². The number of benzene rings is 1. The lowest BCUT2D eigenvalue weighted by Gasteiger charge is -2.24. The fourth-order valence-electron chi connectivity index (χ4n) is 2.78. The second-order valence-electron chi connectivity index (χ2n) is 5.20. The molecule has 1 N–H and O–H groups in total. The van der Waals surface area contributed by atoms with Gasteiger partial charge in [0.05, 0.1) is 5.69 Å². The summed E-state index contributed by atoms with van der Waals surface area (Å²) in [5, 5.41) is 3.10. The third-order valence-corrected chi connectivity index (χ3v) is 4.31. The van der Waals surface area contributed by atoms with E-state index < -0.39 is 0 Å². The van der Waals surface area contributed by atoms with E-state index in [-0.39, 0.29) is 5.82 Å². The van der Waals surface area contributed by atoms with Crippen LogP contribution in [0, 0.1) is 5.82 Å². The molecule has 1 aromatic carbocycles. The predicted molar refractivity (Wildman–Crippen MR) is 81.7 cm³/mol. The minimum absolute atomic E-state index is 0.280. The summed E-state index contributed by atoms with van der Waals surface area (Å²) in [6.07, 6.45) is 9.93. The molecule has 0 unspecified atom stereocenters. The Balaban J connectivity index is 1.82. The van der Waals surface area contributed by atoms with Crippen molar-refractivity contribution < 1.29 is 4.39 Å². The molecule has 20 heavy (non-hydrogen) atoms. The molecular formula is C15H17BrFN3. The van der Waals surface area contributed by atoms with Crippen LogP contribution in [0.5, 0.6) is 0 Å². The molecule has 3 nitrogen and oxygen atoms in total. The Morgan fingerprint density at radius 1 is 1.25 bits per heavy atom. The van der Waals surface area contributed by atoms with E-state index in [0.29, 0.717) is 11.7 Å². The molecule has 0 aliphatic heterocycles. The number of nitrogens with one attached hydrogen (secondary N) is 1. The van der Waals surface area contributed by atoms with Crippen LogP contribution in [0.15, 0.2) is 35.1 Å². The van der Waals surface area contributed by atoms with E-state index in [1.54, 1.807) is 12.3 Å². The standard InChI is InChI=1S/C15H17BrFN3/c16-11-6-7-14(13(17)10-11)19-15-18-8-9-20(15)12-4-2-1-3-5-12/h6-10,12H,1-5H2,(H,18,19). The number of anilines is 2. The van der Waals surface area contributed by atoms with E-state index in [1.807, 2.05) is 12.3 Å². The summed E-state index contributed by atoms with van der Waals surface area (Å²) >= 11 is 3.26. The zero-order valence-corrected chi connectivity index (χ0v) is 12.7. The Kier molecular flexibility index (Phi) is 4.05. The van der Waals surface area contributed by atoms with Crippen molar-refractivity contribution in [3.05, 3.63) is 40.9 Å². The van der Waals surface area contributed by atoms with E-state index in [0.717, 1.165) is 10.4 Å². The van der Waals surface area contributed by atoms with Gasteiger partial charge in [-0.15, -0.1) is 0 Å². The van der Waals surface area contributed by atoms with Gasteiger partial charge in [-0.3, -0.25) is 0 Å². The van der Waals surface area contributed by atoms with E-state index in [9.17, 15) is 4.39 Å². The van der Waals surface area contributed by atoms with Crippen LogP contribution < -0.4 is 5.32 Å². The van der Waals surface area contributed by atoms with Gasteiger partial charge in [0, 0.05) is 22.9 Å². The van der Waals surface area contributed by atoms with Crippen molar-refractivity contribution in [2.45, 2.75) is 38.1 Å². The molecule has 1 aliphatic rings. The lowest BCUT2D eigenvalue weighted by atomic mass is 9.95. The van der Waals surface area contributed by atoms with Crippen LogP contribution in [-0.4, -0.2) is 9.55 Å². The van der Waals surface area contributed by atoms with Gasteiger partial charge in [-0.2, -0.15) is 0 Å². The van der Waals surface area contributed by atoms with Gasteiger partial charge >= 0.3 is 0 Å². The van der Waals surface area contributed by atoms with Crippen LogP contribution in [0.4, 0.5) is 16.0 Å². The number of rotatable bonds is 3. The SMILES string of the molecule is Fc1cc(Br)ccc1Nc1nccn1C1CCCCC1. The molecule has 5 heteroatoms. The van der Waals surface area contributed by atoms with Gasteiger partial charge in [0.25, 0.3) is 0 Å². The minimum atomic E-state index is -0.280. The summed E-state index contributed by atoms with van der Waals surface area (Å²) in [4.78, 5) is 4.32. The van der Waals surface area contributed by atoms with Crippen LogP contribution in [0.3, 0.4) is 0 Å². The van der Waals surface area contributed by atoms with Crippen molar-refractivity contribution in [1.82, 2.24) is 9.55 Å². The van der Waals surface area contributed by atoms with Crippen molar-refractivity contribution in [3.63, 3.8) is 0 Å². The Morgan fingerprint density at radius 3 is 2.80 bits per heavy atom. The maximum Gasteiger partial charge on any atom is 0.207 e. The zero-order chi connectivity index (χ0) is 13.9. The van der Waals surface area contributed by atoms with Crippen molar-refractivity contribution >= 4 is 27.6 Å². The van der Waals surface area contributed by atoms with Crippen molar-refractivity contribution in [2.24, 2.45) is 0 Å². The first kappa shape index (κ1) is 13.6. The largest absolute Gasteiger partial charge is 0.323 e. The lowest BCUT2D eigenvalue weighted by Crippen LogP contribution is -2.14. The van der Waals surface area contributed by atoms with Gasteiger partial charge in [0.1, 0.15) is 5.82 Å². The van der Waals surface area contributed by atoms with Gasteiger partial charge in [0.15, 0.2) is 0 Å². The van der Waals surface area contributed by atoms with E-state index in [4.69, 9.17) is 0 Å². The van der Waals surface area contributed by atoms with Gasteiger partial charge in [-0.1, -0.05) is 35.2 Å². The molecule has 1 fully saturated rings. The fourth-order valence-corrected chi connectivity index (χ4v) is 3.11. The highest BCUT2D eigenvalue weighted by atomic mass is 79.9. The highest BCUT2D eigenvalue weighted by Crippen LogP contribution is 2.31. The number of hydrogen-bond acceptors (Lipinski definition) is 2. The molecule has 0 bridgehead atoms. The van der Waals surface area contributed by atoms with Gasteiger partial charge in [-0.05, 0) is 31.0 Å². The van der Waals surface area contributed by atoms with Gasteiger partial charge in [0.2, 0.25) is 5.95 Å². The number of hydrogen-bond donors (Lipinski definition) is 1. The average molecular weight is 338 g/mol. The fraction of sp³-hybridized carbons (Fsp3) is 0.400. The van der Waals surface area contributed by atoms with Crippen molar-refractivity contribution in [1.29, 1.82) is 0 Å². The molecule has 2 aromatic rings. The number of halogens is 2. The lowest BCUT2D eigenvalue weighted by molar-refractivity contribution is 0.356. The zero-order valence-electron chi connectivity index (χ0n) is 11.1. The quantitative estimate of drug-likeness (QED) is 0.850. The Morgan fingerprint density at radius 2 is 2.05 bits per heavy atom. The summed E-state index contributed by atoms with van der Waals surface area (Å²) in [6, 6.07) is 5.47. The summed E-state index contributed by atoms with van der Waals surface area (Å²) in [5.74, 6) is 0.440. The Bertz CT molecular complexity index is 591. The molecular weight excluding hydrogens is 321 g/mol. The van der Waals surface area contributed by atoms with Crippen LogP contribution in [0.1, 0.15) is 38.1 Å². The second kappa shape index (κ2) is 5.95. The summed E-state index contributed by atoms with van der Waals surface area (Å²) in [6.45, 7) is 0. The highest BCUT2D eigenvalue weighted by molar-refractivity contribution is 9.10. The summed E-state index contributed by atoms with van der Waals surface area (Å²) in [5.41, 5.74) is 0.455. The smallest absolute Gasteiger partial charge is 0.207 e. The minimum Gasteiger partial charge on any atom is -0.323 e. The maximum atomic E-state index is 13.9. The first-order valence-electron chi connectivity index (χ1n) is 6.99.